The Morgan fingerprint density at radius 3 is 2.79 bits per heavy atom. The molecule has 2 fully saturated rings. The van der Waals surface area contributed by atoms with Crippen LogP contribution in [-0.2, 0) is 4.74 Å². The summed E-state index contributed by atoms with van der Waals surface area (Å²) in [4.78, 5) is 0. The fraction of sp³-hybridized carbons (Fsp3) is 1.00. The second-order valence-electron chi connectivity index (χ2n) is 4.48. The van der Waals surface area contributed by atoms with E-state index in [0.29, 0.717) is 12.1 Å². The van der Waals surface area contributed by atoms with Crippen LogP contribution in [0.3, 0.4) is 0 Å². The van der Waals surface area contributed by atoms with Gasteiger partial charge in [-0.1, -0.05) is 0 Å². The molecule has 0 bridgehead atoms. The molecule has 14 heavy (non-hydrogen) atoms. The molecule has 3 atom stereocenters. The van der Waals surface area contributed by atoms with Gasteiger partial charge in [0.1, 0.15) is 0 Å². The van der Waals surface area contributed by atoms with E-state index in [1.165, 1.54) is 19.3 Å². The van der Waals surface area contributed by atoms with Crippen molar-refractivity contribution < 1.29 is 9.84 Å². The van der Waals surface area contributed by atoms with E-state index in [1.807, 2.05) is 0 Å². The average molecular weight is 199 g/mol. The number of ether oxygens (including phenoxy) is 1. The second kappa shape index (κ2) is 5.10. The second-order valence-corrected chi connectivity index (χ2v) is 4.48. The number of hydrogen-bond acceptors (Lipinski definition) is 3. The molecule has 1 saturated heterocycles. The van der Waals surface area contributed by atoms with Gasteiger partial charge >= 0.3 is 0 Å². The molecule has 1 aliphatic heterocycles. The molecule has 2 aliphatic rings. The third-order valence-electron chi connectivity index (χ3n) is 3.38. The molecule has 0 amide bonds. The molecule has 2 N–H and O–H groups in total. The first-order valence-electron chi connectivity index (χ1n) is 5.89. The Bertz CT molecular complexity index is 169. The van der Waals surface area contributed by atoms with Crippen molar-refractivity contribution in [2.24, 2.45) is 0 Å². The van der Waals surface area contributed by atoms with Gasteiger partial charge in [-0.05, 0) is 45.1 Å². The summed E-state index contributed by atoms with van der Waals surface area (Å²) < 4.78 is 5.54. The number of aliphatic hydroxyl groups is 1. The number of nitrogens with one attached hydrogen (secondary N) is 1. The van der Waals surface area contributed by atoms with Crippen LogP contribution in [0.25, 0.3) is 0 Å². The van der Waals surface area contributed by atoms with Crippen LogP contribution < -0.4 is 5.32 Å². The largest absolute Gasteiger partial charge is 0.392 e. The van der Waals surface area contributed by atoms with E-state index in [0.717, 1.165) is 32.4 Å². The zero-order chi connectivity index (χ0) is 9.80. The average Bonchev–Trinajstić information content (AvgIpc) is 2.78. The molecule has 1 heterocycles. The predicted octanol–water partition coefficient (Wildman–Crippen LogP) is 1.06. The molecule has 3 unspecified atom stereocenters. The first-order chi connectivity index (χ1) is 6.86. The number of hydrogen-bond donors (Lipinski definition) is 2. The topological polar surface area (TPSA) is 41.5 Å². The van der Waals surface area contributed by atoms with E-state index in [4.69, 9.17) is 4.74 Å². The zero-order valence-electron chi connectivity index (χ0n) is 8.74. The van der Waals surface area contributed by atoms with Gasteiger partial charge in [-0.25, -0.2) is 0 Å². The summed E-state index contributed by atoms with van der Waals surface area (Å²) in [5.74, 6) is 0. The SMILES string of the molecule is OC1CCCC1NCCC1CCCO1. The molecule has 0 spiro atoms. The Morgan fingerprint density at radius 1 is 1.21 bits per heavy atom. The van der Waals surface area contributed by atoms with Crippen LogP contribution in [0.15, 0.2) is 0 Å². The van der Waals surface area contributed by atoms with E-state index in [1.54, 1.807) is 0 Å². The fourth-order valence-electron chi connectivity index (χ4n) is 2.48. The summed E-state index contributed by atoms with van der Waals surface area (Å²) in [5, 5.41) is 13.0. The highest BCUT2D eigenvalue weighted by Crippen LogP contribution is 2.19. The highest BCUT2D eigenvalue weighted by atomic mass is 16.5. The summed E-state index contributed by atoms with van der Waals surface area (Å²) in [7, 11) is 0. The van der Waals surface area contributed by atoms with Crippen molar-refractivity contribution in [3.05, 3.63) is 0 Å². The first-order valence-corrected chi connectivity index (χ1v) is 5.89. The van der Waals surface area contributed by atoms with Gasteiger partial charge in [0.2, 0.25) is 0 Å². The van der Waals surface area contributed by atoms with E-state index in [-0.39, 0.29) is 6.10 Å². The lowest BCUT2D eigenvalue weighted by atomic mass is 10.1. The van der Waals surface area contributed by atoms with E-state index in [9.17, 15) is 5.11 Å². The lowest BCUT2D eigenvalue weighted by Crippen LogP contribution is -2.37. The minimum atomic E-state index is -0.112. The maximum Gasteiger partial charge on any atom is 0.0693 e. The Morgan fingerprint density at radius 2 is 2.14 bits per heavy atom. The third kappa shape index (κ3) is 2.69. The van der Waals surface area contributed by atoms with Crippen molar-refractivity contribution in [2.45, 2.75) is 56.8 Å². The summed E-state index contributed by atoms with van der Waals surface area (Å²) in [6.45, 7) is 1.93. The van der Waals surface area contributed by atoms with Crippen molar-refractivity contribution in [1.29, 1.82) is 0 Å². The van der Waals surface area contributed by atoms with Gasteiger partial charge in [0.15, 0.2) is 0 Å². The fourth-order valence-corrected chi connectivity index (χ4v) is 2.48. The smallest absolute Gasteiger partial charge is 0.0693 e. The molecule has 82 valence electrons. The highest BCUT2D eigenvalue weighted by molar-refractivity contribution is 4.82. The lowest BCUT2D eigenvalue weighted by molar-refractivity contribution is 0.0993. The van der Waals surface area contributed by atoms with Gasteiger partial charge in [-0.2, -0.15) is 0 Å². The van der Waals surface area contributed by atoms with Crippen molar-refractivity contribution in [3.8, 4) is 0 Å². The standard InChI is InChI=1S/C11H21NO2/c13-11-5-1-4-10(11)12-7-6-9-3-2-8-14-9/h9-13H,1-8H2. The quantitative estimate of drug-likeness (QED) is 0.711. The molecule has 1 aliphatic carbocycles. The summed E-state index contributed by atoms with van der Waals surface area (Å²) in [5.41, 5.74) is 0. The summed E-state index contributed by atoms with van der Waals surface area (Å²) >= 11 is 0. The predicted molar refractivity (Wildman–Crippen MR) is 55.2 cm³/mol. The molecule has 2 rings (SSSR count). The Hall–Kier alpha value is -0.120. The van der Waals surface area contributed by atoms with Crippen LogP contribution in [0.4, 0.5) is 0 Å². The molecule has 0 aromatic rings. The van der Waals surface area contributed by atoms with E-state index < -0.39 is 0 Å². The van der Waals surface area contributed by atoms with Crippen LogP contribution in [-0.4, -0.2) is 36.5 Å². The van der Waals surface area contributed by atoms with Crippen LogP contribution in [0.1, 0.15) is 38.5 Å². The number of rotatable bonds is 4. The zero-order valence-corrected chi connectivity index (χ0v) is 8.74. The first kappa shape index (κ1) is 10.4. The van der Waals surface area contributed by atoms with Gasteiger partial charge < -0.3 is 15.2 Å². The number of aliphatic hydroxyl groups excluding tert-OH is 1. The Labute approximate surface area is 85.8 Å². The molecule has 0 radical (unpaired) electrons. The van der Waals surface area contributed by atoms with Crippen LogP contribution in [0.2, 0.25) is 0 Å². The van der Waals surface area contributed by atoms with Gasteiger partial charge in [0.05, 0.1) is 12.2 Å². The Kier molecular flexibility index (Phi) is 3.79. The minimum absolute atomic E-state index is 0.112. The molecule has 3 heteroatoms. The van der Waals surface area contributed by atoms with E-state index >= 15 is 0 Å². The maximum atomic E-state index is 9.59. The van der Waals surface area contributed by atoms with Crippen molar-refractivity contribution >= 4 is 0 Å². The van der Waals surface area contributed by atoms with Crippen LogP contribution in [0, 0.1) is 0 Å². The van der Waals surface area contributed by atoms with E-state index in [2.05, 4.69) is 5.32 Å². The van der Waals surface area contributed by atoms with Crippen molar-refractivity contribution in [3.63, 3.8) is 0 Å². The van der Waals surface area contributed by atoms with Gasteiger partial charge in [0, 0.05) is 12.6 Å². The third-order valence-corrected chi connectivity index (χ3v) is 3.38. The molecular weight excluding hydrogens is 178 g/mol. The summed E-state index contributed by atoms with van der Waals surface area (Å²) in [6, 6.07) is 0.344. The van der Waals surface area contributed by atoms with Gasteiger partial charge in [-0.15, -0.1) is 0 Å². The van der Waals surface area contributed by atoms with Crippen LogP contribution in [0.5, 0.6) is 0 Å². The van der Waals surface area contributed by atoms with Gasteiger partial charge in [-0.3, -0.25) is 0 Å². The summed E-state index contributed by atoms with van der Waals surface area (Å²) in [6.07, 6.45) is 7.17. The van der Waals surface area contributed by atoms with Crippen molar-refractivity contribution in [2.75, 3.05) is 13.2 Å². The Balaban J connectivity index is 1.57. The highest BCUT2D eigenvalue weighted by Gasteiger charge is 2.24. The molecule has 3 nitrogen and oxygen atoms in total. The maximum absolute atomic E-state index is 9.59. The molecule has 1 saturated carbocycles. The molecular formula is C11H21NO2. The lowest BCUT2D eigenvalue weighted by Gasteiger charge is -2.17. The minimum Gasteiger partial charge on any atom is -0.392 e. The normalized spacial score (nSPS) is 37.9. The molecule has 0 aromatic carbocycles. The molecule has 0 aromatic heterocycles. The van der Waals surface area contributed by atoms with Crippen molar-refractivity contribution in [1.82, 2.24) is 5.32 Å². The monoisotopic (exact) mass is 199 g/mol. The van der Waals surface area contributed by atoms with Crippen LogP contribution >= 0.6 is 0 Å². The van der Waals surface area contributed by atoms with Gasteiger partial charge in [0.25, 0.3) is 0 Å².